The van der Waals surface area contributed by atoms with E-state index in [0.717, 1.165) is 6.92 Å². The molecular weight excluding hydrogens is 768 g/mol. The molecule has 0 bridgehead atoms. The fourth-order valence-electron chi connectivity index (χ4n) is 3.04. The van der Waals surface area contributed by atoms with Crippen molar-refractivity contribution >= 4 is 23.2 Å². The second kappa shape index (κ2) is 12.4. The normalized spacial score (nSPS) is 15.2. The maximum Gasteiger partial charge on any atom is 0.393 e. The first kappa shape index (κ1) is 43.5. The summed E-state index contributed by atoms with van der Waals surface area (Å²) >= 11 is 0. The van der Waals surface area contributed by atoms with Crippen molar-refractivity contribution < 1.29 is 115 Å². The van der Waals surface area contributed by atoms with Crippen LogP contribution in [0.15, 0.2) is 18.2 Å². The molecule has 4 nitrogen and oxygen atoms in total. The first-order valence-electron chi connectivity index (χ1n) is 11.4. The van der Waals surface area contributed by atoms with Crippen LogP contribution in [-0.4, -0.2) is 83.9 Å². The van der Waals surface area contributed by atoms with E-state index in [1.54, 1.807) is 0 Å². The zero-order valence-electron chi connectivity index (χ0n) is 22.3. The molecule has 2 amide bonds. The predicted octanol–water partition coefficient (Wildman–Crippen LogP) is 8.76. The fraction of sp³-hybridized carbons (Fsp3) is 0.619. The molecule has 1 rings (SSSR count). The highest BCUT2D eigenvalue weighted by Crippen LogP contribution is 2.60. The van der Waals surface area contributed by atoms with Gasteiger partial charge in [0.05, 0.1) is 11.4 Å². The van der Waals surface area contributed by atoms with Crippen LogP contribution in [0.3, 0.4) is 0 Å². The number of amides is 2. The molecule has 0 aliphatic heterocycles. The number of carbonyl (C=O) groups excluding carboxylic acids is 2. The van der Waals surface area contributed by atoms with Gasteiger partial charge in [0.1, 0.15) is 0 Å². The van der Waals surface area contributed by atoms with Crippen LogP contribution in [-0.2, 0) is 9.59 Å². The van der Waals surface area contributed by atoms with Gasteiger partial charge in [-0.3, -0.25) is 9.59 Å². The van der Waals surface area contributed by atoms with Gasteiger partial charge in [-0.05, 0) is 24.6 Å². The molecule has 0 aliphatic rings. The predicted molar refractivity (Wildman–Crippen MR) is 110 cm³/mol. The summed E-state index contributed by atoms with van der Waals surface area (Å²) in [6.45, 7) is 0.726. The van der Waals surface area contributed by atoms with E-state index in [1.165, 1.54) is 0 Å². The van der Waals surface area contributed by atoms with Gasteiger partial charge in [-0.25, -0.2) is 17.6 Å². The van der Waals surface area contributed by atoms with Gasteiger partial charge < -0.3 is 10.6 Å². The van der Waals surface area contributed by atoms with Gasteiger partial charge in [-0.1, -0.05) is 6.07 Å². The van der Waals surface area contributed by atoms with E-state index >= 15 is 0 Å². The van der Waals surface area contributed by atoms with Crippen LogP contribution in [0.4, 0.5) is 117 Å². The molecular formula is C21H10F24N2O2. The number of halogens is 24. The van der Waals surface area contributed by atoms with Crippen LogP contribution in [0.2, 0.25) is 0 Å². The minimum Gasteiger partial charge on any atom is -0.319 e. The minimum atomic E-state index is -8.29. The Morgan fingerprint density at radius 1 is 0.469 bits per heavy atom. The van der Waals surface area contributed by atoms with Crippen LogP contribution in [0, 0.1) is 6.92 Å². The number of carbonyl (C=O) groups is 2. The Kier molecular flexibility index (Phi) is 11.0. The smallest absolute Gasteiger partial charge is 0.319 e. The van der Waals surface area contributed by atoms with E-state index in [0.29, 0.717) is 6.07 Å². The summed E-state index contributed by atoms with van der Waals surface area (Å²) in [4.78, 5) is 23.5. The summed E-state index contributed by atoms with van der Waals surface area (Å²) in [7, 11) is 0. The molecule has 1 aromatic rings. The third kappa shape index (κ3) is 6.23. The zero-order chi connectivity index (χ0) is 39.6. The molecule has 28 heteroatoms. The Labute approximate surface area is 252 Å². The summed E-state index contributed by atoms with van der Waals surface area (Å²) in [6.07, 6.45) is -11.9. The van der Waals surface area contributed by atoms with E-state index in [1.807, 2.05) is 0 Å². The van der Waals surface area contributed by atoms with E-state index in [-0.39, 0.29) is 22.8 Å². The summed E-state index contributed by atoms with van der Waals surface area (Å²) in [5, 5.41) is 0.556. The van der Waals surface area contributed by atoms with Crippen molar-refractivity contribution in [2.45, 2.75) is 79.0 Å². The average Bonchev–Trinajstić information content (AvgIpc) is 2.92. The molecule has 0 fully saturated rings. The molecule has 0 aliphatic carbocycles. The highest BCUT2D eigenvalue weighted by Gasteiger charge is 2.90. The van der Waals surface area contributed by atoms with Crippen LogP contribution in [0.25, 0.3) is 0 Å². The Balaban J connectivity index is 3.63. The maximum atomic E-state index is 14.1. The molecule has 0 unspecified atom stereocenters. The topological polar surface area (TPSA) is 58.2 Å². The highest BCUT2D eigenvalue weighted by molar-refractivity contribution is 6.04. The standard InChI is InChI=1S/C21H10F24N2O2/c1-5-2-3-6(46-10(48)14(30,31)18(38,39)20(42,43)16(34,35)12(26,27)8(22)23)7(4-5)47-11(49)15(32,33)19(40,41)21(44,45)17(36,37)13(28,29)9(24)25/h2-4,8-9H,1H3,(H,46,48)(H,47,49). The summed E-state index contributed by atoms with van der Waals surface area (Å²) in [6, 6.07) is 0.278. The Bertz CT molecular complexity index is 1400. The first-order chi connectivity index (χ1) is 21.3. The van der Waals surface area contributed by atoms with E-state index in [4.69, 9.17) is 0 Å². The molecule has 1 aromatic carbocycles. The molecule has 0 atom stereocenters. The highest BCUT2D eigenvalue weighted by atomic mass is 19.4. The Morgan fingerprint density at radius 3 is 1.04 bits per heavy atom. The number of benzene rings is 1. The van der Waals surface area contributed by atoms with Crippen LogP contribution < -0.4 is 10.6 Å². The molecule has 0 saturated heterocycles. The Hall–Kier alpha value is -3.52. The minimum absolute atomic E-state index is 0.0400. The van der Waals surface area contributed by atoms with Gasteiger partial charge >= 0.3 is 83.9 Å². The summed E-state index contributed by atoms with van der Waals surface area (Å²) in [5.41, 5.74) is -4.61. The number of alkyl halides is 24. The fourth-order valence-corrected chi connectivity index (χ4v) is 3.04. The number of hydrogen-bond donors (Lipinski definition) is 2. The third-order valence-electron chi connectivity index (χ3n) is 5.99. The number of aryl methyl sites for hydroxylation is 1. The lowest BCUT2D eigenvalue weighted by atomic mass is 9.93. The maximum absolute atomic E-state index is 14.1. The monoisotopic (exact) mass is 778 g/mol. The van der Waals surface area contributed by atoms with E-state index in [2.05, 4.69) is 0 Å². The van der Waals surface area contributed by atoms with Gasteiger partial charge in [-0.15, -0.1) is 0 Å². The molecule has 0 radical (unpaired) electrons. The molecule has 0 saturated carbocycles. The van der Waals surface area contributed by atoms with Gasteiger partial charge in [0.15, 0.2) is 0 Å². The Morgan fingerprint density at radius 2 is 0.755 bits per heavy atom. The van der Waals surface area contributed by atoms with E-state index in [9.17, 15) is 115 Å². The molecule has 0 aromatic heterocycles. The lowest BCUT2D eigenvalue weighted by molar-refractivity contribution is -0.406. The van der Waals surface area contributed by atoms with Gasteiger partial charge in [0, 0.05) is 0 Å². The zero-order valence-corrected chi connectivity index (χ0v) is 22.3. The number of rotatable bonds is 14. The molecule has 49 heavy (non-hydrogen) atoms. The van der Waals surface area contributed by atoms with Crippen molar-refractivity contribution in [3.63, 3.8) is 0 Å². The van der Waals surface area contributed by atoms with Crippen molar-refractivity contribution in [2.24, 2.45) is 0 Å². The average molecular weight is 778 g/mol. The van der Waals surface area contributed by atoms with Gasteiger partial charge in [0.2, 0.25) is 0 Å². The van der Waals surface area contributed by atoms with Gasteiger partial charge in [0.25, 0.3) is 0 Å². The number of nitrogens with one attached hydrogen (secondary N) is 2. The van der Waals surface area contributed by atoms with E-state index < -0.39 is 101 Å². The van der Waals surface area contributed by atoms with Crippen LogP contribution in [0.1, 0.15) is 5.56 Å². The molecule has 0 spiro atoms. The van der Waals surface area contributed by atoms with Gasteiger partial charge in [-0.2, -0.15) is 87.8 Å². The van der Waals surface area contributed by atoms with Crippen LogP contribution in [0.5, 0.6) is 0 Å². The number of hydrogen-bond acceptors (Lipinski definition) is 2. The third-order valence-corrected chi connectivity index (χ3v) is 5.99. The SMILES string of the molecule is Cc1ccc(NC(=O)C(F)(F)C(F)(F)C(F)(F)C(F)(F)C(F)(F)C(F)F)c(NC(=O)C(F)(F)C(F)(F)C(F)(F)C(F)(F)C(F)(F)C(F)F)c1. The first-order valence-corrected chi connectivity index (χ1v) is 11.4. The lowest BCUT2D eigenvalue weighted by Crippen LogP contribution is -2.70. The van der Waals surface area contributed by atoms with Crippen molar-refractivity contribution in [1.82, 2.24) is 0 Å². The van der Waals surface area contributed by atoms with Crippen molar-refractivity contribution in [3.05, 3.63) is 23.8 Å². The van der Waals surface area contributed by atoms with Crippen molar-refractivity contribution in [1.29, 1.82) is 0 Å². The number of anilines is 2. The molecule has 2 N–H and O–H groups in total. The largest absolute Gasteiger partial charge is 0.393 e. The second-order valence-electron chi connectivity index (χ2n) is 9.40. The molecule has 0 heterocycles. The lowest BCUT2D eigenvalue weighted by Gasteiger charge is -2.38. The van der Waals surface area contributed by atoms with Crippen molar-refractivity contribution in [2.75, 3.05) is 10.6 Å². The molecule has 284 valence electrons. The summed E-state index contributed by atoms with van der Waals surface area (Å²) in [5.74, 6) is -87.1. The summed E-state index contributed by atoms with van der Waals surface area (Å²) < 4.78 is 321. The second-order valence-corrected chi connectivity index (χ2v) is 9.40. The quantitative estimate of drug-likeness (QED) is 0.186. The van der Waals surface area contributed by atoms with Crippen molar-refractivity contribution in [3.8, 4) is 0 Å². The van der Waals surface area contributed by atoms with Crippen LogP contribution >= 0.6 is 0 Å².